The van der Waals surface area contributed by atoms with Crippen molar-refractivity contribution in [1.82, 2.24) is 9.62 Å². The predicted molar refractivity (Wildman–Crippen MR) is 113 cm³/mol. The summed E-state index contributed by atoms with van der Waals surface area (Å²) in [6.45, 7) is 6.05. The van der Waals surface area contributed by atoms with Crippen molar-refractivity contribution in [2.24, 2.45) is 5.92 Å². The second kappa shape index (κ2) is 10.5. The van der Waals surface area contributed by atoms with Gasteiger partial charge in [-0.2, -0.15) is 9.57 Å². The van der Waals surface area contributed by atoms with Crippen LogP contribution >= 0.6 is 0 Å². The summed E-state index contributed by atoms with van der Waals surface area (Å²) < 4.78 is 36.6. The molecule has 0 radical (unpaired) electrons. The average Bonchev–Trinajstić information content (AvgIpc) is 2.77. The van der Waals surface area contributed by atoms with Crippen LogP contribution in [-0.4, -0.2) is 63.0 Å². The van der Waals surface area contributed by atoms with Gasteiger partial charge in [-0.25, -0.2) is 13.2 Å². The van der Waals surface area contributed by atoms with Crippen LogP contribution in [0.25, 0.3) is 6.08 Å². The van der Waals surface area contributed by atoms with Crippen molar-refractivity contribution in [2.45, 2.75) is 31.2 Å². The Bertz CT molecular complexity index is 960. The highest BCUT2D eigenvalue weighted by Gasteiger charge is 2.30. The van der Waals surface area contributed by atoms with Gasteiger partial charge in [0.15, 0.2) is 6.61 Å². The molecule has 1 aliphatic rings. The highest BCUT2D eigenvalue weighted by atomic mass is 32.2. The van der Waals surface area contributed by atoms with Crippen molar-refractivity contribution >= 4 is 28.0 Å². The predicted octanol–water partition coefficient (Wildman–Crippen LogP) is 1.32. The molecule has 10 heteroatoms. The highest BCUT2D eigenvalue weighted by molar-refractivity contribution is 7.89. The number of nitrogens with zero attached hydrogens (tertiary/aromatic N) is 2. The lowest BCUT2D eigenvalue weighted by Gasteiger charge is -2.27. The van der Waals surface area contributed by atoms with Gasteiger partial charge in [0.1, 0.15) is 5.54 Å². The minimum Gasteiger partial charge on any atom is -0.452 e. The van der Waals surface area contributed by atoms with E-state index in [1.807, 2.05) is 6.07 Å². The van der Waals surface area contributed by atoms with Gasteiger partial charge in [0.05, 0.1) is 24.2 Å². The number of rotatable bonds is 8. The molecule has 0 aromatic heterocycles. The van der Waals surface area contributed by atoms with E-state index in [2.05, 4.69) is 5.32 Å². The molecule has 9 nitrogen and oxygen atoms in total. The summed E-state index contributed by atoms with van der Waals surface area (Å²) in [4.78, 5) is 23.9. The molecule has 1 fully saturated rings. The fourth-order valence-electron chi connectivity index (χ4n) is 2.66. The van der Waals surface area contributed by atoms with Gasteiger partial charge >= 0.3 is 5.97 Å². The third-order valence-corrected chi connectivity index (χ3v) is 6.94. The summed E-state index contributed by atoms with van der Waals surface area (Å²) in [7, 11) is -3.58. The molecule has 0 unspecified atom stereocenters. The maximum absolute atomic E-state index is 12.6. The summed E-state index contributed by atoms with van der Waals surface area (Å²) in [6, 6.07) is 8.13. The monoisotopic (exact) mass is 449 g/mol. The van der Waals surface area contributed by atoms with Gasteiger partial charge in [0.2, 0.25) is 10.0 Å². The number of carbonyl (C=O) groups excluding carboxylic acids is 2. The molecule has 1 aliphatic heterocycles. The Hall–Kier alpha value is -2.74. The van der Waals surface area contributed by atoms with E-state index in [0.717, 1.165) is 6.08 Å². The van der Waals surface area contributed by atoms with E-state index in [4.69, 9.17) is 9.47 Å². The van der Waals surface area contributed by atoms with E-state index >= 15 is 0 Å². The van der Waals surface area contributed by atoms with Gasteiger partial charge < -0.3 is 14.8 Å². The quantitative estimate of drug-likeness (QED) is 0.468. The van der Waals surface area contributed by atoms with Gasteiger partial charge in [-0.3, -0.25) is 4.79 Å². The molecule has 1 aromatic rings. The van der Waals surface area contributed by atoms with Crippen molar-refractivity contribution in [3.8, 4) is 6.07 Å². The maximum Gasteiger partial charge on any atom is 0.331 e. The average molecular weight is 450 g/mol. The van der Waals surface area contributed by atoms with Gasteiger partial charge in [-0.05, 0) is 36.6 Å². The Balaban J connectivity index is 1.90. The summed E-state index contributed by atoms with van der Waals surface area (Å²) in [5.74, 6) is -1.42. The van der Waals surface area contributed by atoms with Gasteiger partial charge in [0.25, 0.3) is 5.91 Å². The highest BCUT2D eigenvalue weighted by Crippen LogP contribution is 2.18. The molecule has 168 valence electrons. The number of hydrogen-bond donors (Lipinski definition) is 1. The molecule has 1 amide bonds. The normalized spacial score (nSPS) is 17.1. The van der Waals surface area contributed by atoms with Crippen LogP contribution in [0.15, 0.2) is 35.2 Å². The Morgan fingerprint density at radius 3 is 2.45 bits per heavy atom. The molecule has 1 saturated heterocycles. The van der Waals surface area contributed by atoms with E-state index in [0.29, 0.717) is 31.9 Å². The van der Waals surface area contributed by atoms with Crippen LogP contribution in [0.4, 0.5) is 0 Å². The minimum atomic E-state index is -3.58. The molecule has 1 N–H and O–H groups in total. The Labute approximate surface area is 182 Å². The number of carbonyl (C=O) groups is 2. The van der Waals surface area contributed by atoms with E-state index in [9.17, 15) is 23.3 Å². The number of nitriles is 1. The summed E-state index contributed by atoms with van der Waals surface area (Å²) in [5.41, 5.74) is -0.456. The number of sulfonamides is 1. The Morgan fingerprint density at radius 1 is 1.29 bits per heavy atom. The van der Waals surface area contributed by atoms with E-state index in [1.54, 1.807) is 32.9 Å². The van der Waals surface area contributed by atoms with E-state index < -0.39 is 34.0 Å². The summed E-state index contributed by atoms with van der Waals surface area (Å²) in [6.07, 6.45) is 2.60. The molecule has 0 aliphatic carbocycles. The van der Waals surface area contributed by atoms with Crippen molar-refractivity contribution in [3.05, 3.63) is 35.9 Å². The fraction of sp³-hybridized carbons (Fsp3) is 0.476. The standard InChI is InChI=1S/C21H27N3O6S/c1-16(2)21(3,15-22)23-19(25)14-30-20(26)9-6-17-4-7-18(8-5-17)31(27,28)24-10-12-29-13-11-24/h4-9,16H,10-14H2,1-3H3,(H,23,25)/b9-6+/t21-/m1/s1. The van der Waals surface area contributed by atoms with Gasteiger partial charge in [-0.15, -0.1) is 0 Å². The minimum absolute atomic E-state index is 0.118. The third kappa shape index (κ3) is 6.62. The number of nitrogens with one attached hydrogen (secondary N) is 1. The molecule has 1 atom stereocenters. The van der Waals surface area contributed by atoms with Crippen LogP contribution in [0.3, 0.4) is 0 Å². The second-order valence-corrected chi connectivity index (χ2v) is 9.48. The zero-order chi connectivity index (χ0) is 23.1. The number of hydrogen-bond acceptors (Lipinski definition) is 7. The zero-order valence-electron chi connectivity index (χ0n) is 17.8. The molecule has 1 heterocycles. The molecule has 31 heavy (non-hydrogen) atoms. The number of ether oxygens (including phenoxy) is 2. The maximum atomic E-state index is 12.6. The summed E-state index contributed by atoms with van der Waals surface area (Å²) in [5, 5.41) is 11.8. The first kappa shape index (κ1) is 24.5. The molecule has 0 saturated carbocycles. The Kier molecular flexibility index (Phi) is 8.33. The second-order valence-electron chi connectivity index (χ2n) is 7.54. The fourth-order valence-corrected chi connectivity index (χ4v) is 4.07. The topological polar surface area (TPSA) is 126 Å². The lowest BCUT2D eigenvalue weighted by Crippen LogP contribution is -2.50. The molecule has 0 spiro atoms. The van der Waals surface area contributed by atoms with Crippen molar-refractivity contribution in [1.29, 1.82) is 5.26 Å². The Morgan fingerprint density at radius 2 is 1.90 bits per heavy atom. The van der Waals surface area contributed by atoms with Crippen LogP contribution in [0.5, 0.6) is 0 Å². The van der Waals surface area contributed by atoms with E-state index in [1.165, 1.54) is 22.5 Å². The van der Waals surface area contributed by atoms with Gasteiger partial charge in [0, 0.05) is 19.2 Å². The number of benzene rings is 1. The van der Waals surface area contributed by atoms with Crippen LogP contribution in [0.1, 0.15) is 26.3 Å². The largest absolute Gasteiger partial charge is 0.452 e. The number of amides is 1. The van der Waals surface area contributed by atoms with Crippen LogP contribution in [-0.2, 0) is 29.1 Å². The van der Waals surface area contributed by atoms with Crippen LogP contribution < -0.4 is 5.32 Å². The summed E-state index contributed by atoms with van der Waals surface area (Å²) >= 11 is 0. The van der Waals surface area contributed by atoms with Crippen molar-refractivity contribution in [3.63, 3.8) is 0 Å². The lowest BCUT2D eigenvalue weighted by atomic mass is 9.90. The smallest absolute Gasteiger partial charge is 0.331 e. The van der Waals surface area contributed by atoms with Crippen LogP contribution in [0.2, 0.25) is 0 Å². The number of esters is 1. The van der Waals surface area contributed by atoms with Gasteiger partial charge in [-0.1, -0.05) is 26.0 Å². The molecule has 2 rings (SSSR count). The van der Waals surface area contributed by atoms with Crippen molar-refractivity contribution in [2.75, 3.05) is 32.9 Å². The van der Waals surface area contributed by atoms with Crippen molar-refractivity contribution < 1.29 is 27.5 Å². The number of morpholine rings is 1. The van der Waals surface area contributed by atoms with Crippen LogP contribution in [0, 0.1) is 17.2 Å². The van der Waals surface area contributed by atoms with E-state index in [-0.39, 0.29) is 10.8 Å². The first-order chi connectivity index (χ1) is 14.6. The third-order valence-electron chi connectivity index (χ3n) is 5.03. The SMILES string of the molecule is CC(C)[C@@](C)(C#N)NC(=O)COC(=O)/C=C/c1ccc(S(=O)(=O)N2CCOCC2)cc1. The lowest BCUT2D eigenvalue weighted by molar-refractivity contribution is -0.144. The first-order valence-corrected chi connectivity index (χ1v) is 11.3. The molecular weight excluding hydrogens is 422 g/mol. The zero-order valence-corrected chi connectivity index (χ0v) is 18.6. The molecule has 0 bridgehead atoms. The molecular formula is C21H27N3O6S. The first-order valence-electron chi connectivity index (χ1n) is 9.83. The molecule has 1 aromatic carbocycles.